The lowest BCUT2D eigenvalue weighted by molar-refractivity contribution is -0.131. The van der Waals surface area contributed by atoms with Gasteiger partial charge in [0.1, 0.15) is 11.0 Å². The van der Waals surface area contributed by atoms with Gasteiger partial charge < -0.3 is 5.11 Å². The van der Waals surface area contributed by atoms with Crippen LogP contribution in [-0.4, -0.2) is 20.7 Å². The maximum Gasteiger partial charge on any atom is 0.328 e. The van der Waals surface area contributed by atoms with E-state index in [1.807, 2.05) is 26.8 Å². The molecule has 0 bridgehead atoms. The summed E-state index contributed by atoms with van der Waals surface area (Å²) in [6.07, 6.45) is 1.74. The van der Waals surface area contributed by atoms with Gasteiger partial charge >= 0.3 is 5.97 Å². The van der Waals surface area contributed by atoms with Gasteiger partial charge in [-0.1, -0.05) is 44.5 Å². The Bertz CT molecular complexity index is 1040. The van der Waals surface area contributed by atoms with Gasteiger partial charge in [0.2, 0.25) is 0 Å². The molecule has 0 saturated heterocycles. The van der Waals surface area contributed by atoms with Gasteiger partial charge in [0, 0.05) is 17.2 Å². The van der Waals surface area contributed by atoms with Gasteiger partial charge in [-0.15, -0.1) is 0 Å². The van der Waals surface area contributed by atoms with E-state index < -0.39 is 5.97 Å². The Morgan fingerprint density at radius 2 is 1.93 bits per heavy atom. The van der Waals surface area contributed by atoms with Crippen molar-refractivity contribution >= 4 is 28.7 Å². The lowest BCUT2D eigenvalue weighted by Gasteiger charge is -2.20. The van der Waals surface area contributed by atoms with Crippen LogP contribution in [0.25, 0.3) is 22.2 Å². The Hall–Kier alpha value is -2.66. The van der Waals surface area contributed by atoms with Crippen molar-refractivity contribution in [3.8, 4) is 11.1 Å². The van der Waals surface area contributed by atoms with Crippen LogP contribution in [0, 0.1) is 5.82 Å². The molecule has 0 aliphatic heterocycles. The number of benzene rings is 1. The molecule has 1 aromatic carbocycles. The van der Waals surface area contributed by atoms with Crippen LogP contribution in [0.15, 0.2) is 42.5 Å². The molecule has 0 amide bonds. The lowest BCUT2D eigenvalue weighted by atomic mass is 9.88. The van der Waals surface area contributed by atoms with E-state index in [4.69, 9.17) is 16.7 Å². The van der Waals surface area contributed by atoms with Gasteiger partial charge in [-0.3, -0.25) is 0 Å². The van der Waals surface area contributed by atoms with Gasteiger partial charge in [-0.05, 0) is 47.7 Å². The number of hydrogen-bond donors (Lipinski definition) is 1. The highest BCUT2D eigenvalue weighted by Gasteiger charge is 2.22. The standard InChI is InChI=1S/C21H20ClFN2O2/c1-4-13(11-18(26)27)20-19(14-5-7-15(23)8-6-14)16-9-10-17(22)25(16)24-21(20)12(2)3/h5-12H,4H2,1-3H3,(H,26,27)/b13-11+. The molecule has 2 aromatic heterocycles. The maximum atomic E-state index is 13.5. The number of carboxylic acid groups (broad SMARTS) is 1. The average Bonchev–Trinajstić information content (AvgIpc) is 2.99. The Labute approximate surface area is 161 Å². The van der Waals surface area contributed by atoms with Gasteiger partial charge in [0.25, 0.3) is 0 Å². The third-order valence-electron chi connectivity index (χ3n) is 4.46. The van der Waals surface area contributed by atoms with Crippen LogP contribution in [0.4, 0.5) is 4.39 Å². The number of hydrogen-bond acceptors (Lipinski definition) is 2. The number of halogens is 2. The highest BCUT2D eigenvalue weighted by Crippen LogP contribution is 2.39. The first-order valence-corrected chi connectivity index (χ1v) is 9.12. The van der Waals surface area contributed by atoms with Gasteiger partial charge in [-0.25, -0.2) is 13.7 Å². The van der Waals surface area contributed by atoms with Crippen LogP contribution in [0.3, 0.4) is 0 Å². The number of rotatable bonds is 5. The van der Waals surface area contributed by atoms with E-state index in [0.29, 0.717) is 17.1 Å². The number of carboxylic acids is 1. The summed E-state index contributed by atoms with van der Waals surface area (Å²) in [7, 11) is 0. The zero-order valence-electron chi connectivity index (χ0n) is 15.3. The summed E-state index contributed by atoms with van der Waals surface area (Å²) in [6, 6.07) is 9.75. The molecule has 27 heavy (non-hydrogen) atoms. The predicted molar refractivity (Wildman–Crippen MR) is 106 cm³/mol. The third kappa shape index (κ3) is 3.60. The first-order valence-electron chi connectivity index (χ1n) is 8.74. The molecule has 2 heterocycles. The summed E-state index contributed by atoms with van der Waals surface area (Å²) in [5, 5.41) is 14.5. The third-order valence-corrected chi connectivity index (χ3v) is 4.74. The molecule has 0 saturated carbocycles. The fourth-order valence-electron chi connectivity index (χ4n) is 3.25. The summed E-state index contributed by atoms with van der Waals surface area (Å²) in [4.78, 5) is 11.4. The highest BCUT2D eigenvalue weighted by atomic mass is 35.5. The molecule has 1 N–H and O–H groups in total. The number of carbonyl (C=O) groups is 1. The fourth-order valence-corrected chi connectivity index (χ4v) is 3.44. The number of fused-ring (bicyclic) bond motifs is 1. The Balaban J connectivity index is 2.50. The average molecular weight is 387 g/mol. The molecule has 0 spiro atoms. The van der Waals surface area contributed by atoms with E-state index >= 15 is 0 Å². The van der Waals surface area contributed by atoms with Crippen molar-refractivity contribution in [1.29, 1.82) is 0 Å². The van der Waals surface area contributed by atoms with E-state index in [1.165, 1.54) is 18.2 Å². The van der Waals surface area contributed by atoms with Crippen molar-refractivity contribution in [2.24, 2.45) is 0 Å². The molecule has 0 radical (unpaired) electrons. The van der Waals surface area contributed by atoms with Crippen LogP contribution in [0.5, 0.6) is 0 Å². The van der Waals surface area contributed by atoms with Crippen molar-refractivity contribution < 1.29 is 14.3 Å². The molecule has 0 atom stereocenters. The summed E-state index contributed by atoms with van der Waals surface area (Å²) in [5.74, 6) is -1.31. The van der Waals surface area contributed by atoms with Gasteiger partial charge in [-0.2, -0.15) is 5.10 Å². The molecule has 0 unspecified atom stereocenters. The number of aromatic nitrogens is 2. The first-order chi connectivity index (χ1) is 12.8. The number of nitrogens with zero attached hydrogens (tertiary/aromatic N) is 2. The van der Waals surface area contributed by atoms with E-state index in [-0.39, 0.29) is 11.7 Å². The number of aliphatic carboxylic acids is 1. The molecule has 0 aliphatic carbocycles. The Morgan fingerprint density at radius 1 is 1.26 bits per heavy atom. The molecular formula is C21H20ClFN2O2. The second-order valence-electron chi connectivity index (χ2n) is 6.61. The molecule has 0 fully saturated rings. The molecule has 4 nitrogen and oxygen atoms in total. The summed E-state index contributed by atoms with van der Waals surface area (Å²) in [5.41, 5.74) is 4.50. The molecule has 6 heteroatoms. The van der Waals surface area contributed by atoms with Crippen LogP contribution in [0.1, 0.15) is 44.4 Å². The van der Waals surface area contributed by atoms with Crippen molar-refractivity contribution in [1.82, 2.24) is 9.61 Å². The largest absolute Gasteiger partial charge is 0.478 e. The lowest BCUT2D eigenvalue weighted by Crippen LogP contribution is -2.09. The van der Waals surface area contributed by atoms with Crippen molar-refractivity contribution in [3.05, 3.63) is 64.7 Å². The summed E-state index contributed by atoms with van der Waals surface area (Å²) in [6.45, 7) is 5.90. The molecule has 3 rings (SSSR count). The first kappa shape index (κ1) is 19.1. The van der Waals surface area contributed by atoms with Gasteiger partial charge in [0.05, 0.1) is 11.2 Å². The zero-order chi connectivity index (χ0) is 19.7. The highest BCUT2D eigenvalue weighted by molar-refractivity contribution is 6.30. The van der Waals surface area contributed by atoms with E-state index in [0.717, 1.165) is 27.9 Å². The van der Waals surface area contributed by atoms with Crippen molar-refractivity contribution in [3.63, 3.8) is 0 Å². The van der Waals surface area contributed by atoms with Crippen LogP contribution in [0.2, 0.25) is 5.15 Å². The smallest absolute Gasteiger partial charge is 0.328 e. The fraction of sp³-hybridized carbons (Fsp3) is 0.238. The van der Waals surface area contributed by atoms with E-state index in [1.54, 1.807) is 22.7 Å². The van der Waals surface area contributed by atoms with E-state index in [2.05, 4.69) is 0 Å². The predicted octanol–water partition coefficient (Wildman–Crippen LogP) is 5.80. The minimum atomic E-state index is -1.01. The second-order valence-corrected chi connectivity index (χ2v) is 7.00. The Morgan fingerprint density at radius 3 is 2.48 bits per heavy atom. The van der Waals surface area contributed by atoms with Crippen molar-refractivity contribution in [2.75, 3.05) is 0 Å². The number of allylic oxidation sites excluding steroid dienone is 1. The van der Waals surface area contributed by atoms with Crippen molar-refractivity contribution in [2.45, 2.75) is 33.1 Å². The molecular weight excluding hydrogens is 367 g/mol. The van der Waals surface area contributed by atoms with Crippen LogP contribution >= 0.6 is 11.6 Å². The SMILES string of the molecule is CC/C(=C\C(=O)O)c1c(C(C)C)nn2c(Cl)ccc2c1-c1ccc(F)cc1. The van der Waals surface area contributed by atoms with Crippen LogP contribution < -0.4 is 0 Å². The molecule has 0 aliphatic rings. The monoisotopic (exact) mass is 386 g/mol. The summed E-state index contributed by atoms with van der Waals surface area (Å²) >= 11 is 6.32. The minimum absolute atomic E-state index is 0.0332. The van der Waals surface area contributed by atoms with Crippen LogP contribution in [-0.2, 0) is 4.79 Å². The maximum absolute atomic E-state index is 13.5. The topological polar surface area (TPSA) is 54.6 Å². The van der Waals surface area contributed by atoms with Gasteiger partial charge in [0.15, 0.2) is 0 Å². The zero-order valence-corrected chi connectivity index (χ0v) is 16.1. The van der Waals surface area contributed by atoms with E-state index in [9.17, 15) is 14.3 Å². The normalized spacial score (nSPS) is 12.1. The molecule has 140 valence electrons. The molecule has 3 aromatic rings. The summed E-state index contributed by atoms with van der Waals surface area (Å²) < 4.78 is 15.1. The second kappa shape index (κ2) is 7.53. The quantitative estimate of drug-likeness (QED) is 0.564. The Kier molecular flexibility index (Phi) is 5.33. The minimum Gasteiger partial charge on any atom is -0.478 e.